The molecule has 0 aromatic heterocycles. The van der Waals surface area contributed by atoms with Gasteiger partial charge in [0, 0.05) is 31.1 Å². The molecule has 2 N–H and O–H groups in total. The van der Waals surface area contributed by atoms with Gasteiger partial charge in [0.2, 0.25) is 11.8 Å². The van der Waals surface area contributed by atoms with Crippen molar-refractivity contribution in [2.24, 2.45) is 5.92 Å². The van der Waals surface area contributed by atoms with E-state index in [0.29, 0.717) is 24.4 Å². The first-order valence-electron chi connectivity index (χ1n) is 13.2. The average molecular weight is 478 g/mol. The predicted molar refractivity (Wildman–Crippen MR) is 134 cm³/mol. The Morgan fingerprint density at radius 3 is 2.26 bits per heavy atom. The third-order valence-electron chi connectivity index (χ3n) is 7.91. The number of nitrogens with one attached hydrogen (secondary N) is 2. The topological polar surface area (TPSA) is 61.4 Å². The van der Waals surface area contributed by atoms with Crippen LogP contribution >= 0.6 is 0 Å². The molecular formula is C29H36FN3O2. The number of nitrogens with zero attached hydrogens (tertiary/aromatic N) is 1. The fourth-order valence-corrected chi connectivity index (χ4v) is 5.95. The molecular weight excluding hydrogens is 441 g/mol. The molecule has 5 nitrogen and oxygen atoms in total. The van der Waals surface area contributed by atoms with Crippen molar-refractivity contribution in [2.45, 2.75) is 82.0 Å². The second-order valence-electron chi connectivity index (χ2n) is 10.6. The Morgan fingerprint density at radius 2 is 1.60 bits per heavy atom. The van der Waals surface area contributed by atoms with E-state index in [1.807, 2.05) is 18.2 Å². The molecule has 2 aromatic carbocycles. The maximum absolute atomic E-state index is 13.1. The summed E-state index contributed by atoms with van der Waals surface area (Å²) in [6, 6.07) is 17.7. The highest BCUT2D eigenvalue weighted by molar-refractivity contribution is 5.79. The Bertz CT molecular complexity index is 994. The second-order valence-corrected chi connectivity index (χ2v) is 10.6. The molecule has 0 radical (unpaired) electrons. The van der Waals surface area contributed by atoms with Crippen molar-refractivity contribution in [3.8, 4) is 0 Å². The second kappa shape index (κ2) is 10.9. The quantitative estimate of drug-likeness (QED) is 0.529. The van der Waals surface area contributed by atoms with E-state index >= 15 is 0 Å². The van der Waals surface area contributed by atoms with Gasteiger partial charge in [-0.3, -0.25) is 14.5 Å². The van der Waals surface area contributed by atoms with Crippen molar-refractivity contribution in [1.29, 1.82) is 0 Å². The molecule has 2 saturated heterocycles. The smallest absolute Gasteiger partial charge is 0.224 e. The molecule has 3 aliphatic rings. The Balaban J connectivity index is 1.14. The van der Waals surface area contributed by atoms with Gasteiger partial charge in [0.1, 0.15) is 5.82 Å². The maximum atomic E-state index is 13.1. The monoisotopic (exact) mass is 477 g/mol. The van der Waals surface area contributed by atoms with E-state index in [1.165, 1.54) is 43.4 Å². The summed E-state index contributed by atoms with van der Waals surface area (Å²) in [6.45, 7) is 0.953. The largest absolute Gasteiger partial charge is 0.353 e. The summed E-state index contributed by atoms with van der Waals surface area (Å²) in [5.41, 5.74) is 2.01. The molecule has 35 heavy (non-hydrogen) atoms. The van der Waals surface area contributed by atoms with Crippen LogP contribution in [0.5, 0.6) is 0 Å². The van der Waals surface area contributed by atoms with Crippen molar-refractivity contribution in [1.82, 2.24) is 15.5 Å². The summed E-state index contributed by atoms with van der Waals surface area (Å²) in [5.74, 6) is 0.485. The summed E-state index contributed by atoms with van der Waals surface area (Å²) in [6.07, 6.45) is 8.47. The van der Waals surface area contributed by atoms with Gasteiger partial charge >= 0.3 is 0 Å². The van der Waals surface area contributed by atoms with E-state index in [1.54, 1.807) is 12.1 Å². The third-order valence-corrected chi connectivity index (χ3v) is 7.91. The van der Waals surface area contributed by atoms with E-state index in [4.69, 9.17) is 0 Å². The Hall–Kier alpha value is -2.73. The van der Waals surface area contributed by atoms with Gasteiger partial charge in [-0.25, -0.2) is 4.39 Å². The molecule has 2 aromatic rings. The number of hydrogen-bond donors (Lipinski definition) is 2. The van der Waals surface area contributed by atoms with E-state index in [0.717, 1.165) is 31.4 Å². The molecule has 1 aliphatic carbocycles. The van der Waals surface area contributed by atoms with Gasteiger partial charge in [-0.05, 0) is 74.1 Å². The van der Waals surface area contributed by atoms with E-state index < -0.39 is 0 Å². The van der Waals surface area contributed by atoms with Crippen molar-refractivity contribution in [3.05, 3.63) is 71.5 Å². The van der Waals surface area contributed by atoms with Crippen LogP contribution in [0.25, 0.3) is 0 Å². The highest BCUT2D eigenvalue weighted by atomic mass is 19.1. The average Bonchev–Trinajstić information content (AvgIpc) is 3.62. The molecule has 6 heteroatoms. The molecule has 186 valence electrons. The molecule has 2 aliphatic heterocycles. The molecule has 2 amide bonds. The SMILES string of the molecule is O=C(Cc1ccc(F)cc1)N[C@@H]1C[C@H]2CC[C@@H](C1)N2CC[C@H](NC(=O)CC1CC1)c1ccccc1. The zero-order chi connectivity index (χ0) is 24.2. The van der Waals surface area contributed by atoms with Gasteiger partial charge in [0.25, 0.3) is 0 Å². The number of amides is 2. The van der Waals surface area contributed by atoms with Crippen molar-refractivity contribution >= 4 is 11.8 Å². The van der Waals surface area contributed by atoms with Gasteiger partial charge in [-0.15, -0.1) is 0 Å². The number of hydrogen-bond acceptors (Lipinski definition) is 3. The van der Waals surface area contributed by atoms with Gasteiger partial charge in [-0.1, -0.05) is 42.5 Å². The summed E-state index contributed by atoms with van der Waals surface area (Å²) in [7, 11) is 0. The number of halogens is 1. The number of fused-ring (bicyclic) bond motifs is 2. The third kappa shape index (κ3) is 6.49. The normalized spacial score (nSPS) is 24.7. The lowest BCUT2D eigenvalue weighted by molar-refractivity contribution is -0.122. The summed E-state index contributed by atoms with van der Waals surface area (Å²) < 4.78 is 13.1. The van der Waals surface area contributed by atoms with Crippen LogP contribution < -0.4 is 10.6 Å². The number of piperidine rings is 1. The molecule has 5 rings (SSSR count). The zero-order valence-electron chi connectivity index (χ0n) is 20.3. The van der Waals surface area contributed by atoms with E-state index in [9.17, 15) is 14.0 Å². The first kappa shape index (κ1) is 24.0. The lowest BCUT2D eigenvalue weighted by Crippen LogP contribution is -2.51. The first-order chi connectivity index (χ1) is 17.0. The summed E-state index contributed by atoms with van der Waals surface area (Å²) >= 11 is 0. The highest BCUT2D eigenvalue weighted by Crippen LogP contribution is 2.37. The van der Waals surface area contributed by atoms with Gasteiger partial charge in [0.15, 0.2) is 0 Å². The Labute approximate surface area is 207 Å². The predicted octanol–water partition coefficient (Wildman–Crippen LogP) is 4.53. The number of benzene rings is 2. The van der Waals surface area contributed by atoms with Gasteiger partial charge in [0.05, 0.1) is 12.5 Å². The zero-order valence-corrected chi connectivity index (χ0v) is 20.3. The van der Waals surface area contributed by atoms with Crippen molar-refractivity contribution < 1.29 is 14.0 Å². The lowest BCUT2D eigenvalue weighted by atomic mass is 9.95. The number of carbonyl (C=O) groups excluding carboxylic acids is 2. The summed E-state index contributed by atoms with van der Waals surface area (Å²) in [4.78, 5) is 27.8. The molecule has 0 unspecified atom stereocenters. The molecule has 2 heterocycles. The number of rotatable bonds is 10. The molecule has 4 atom stereocenters. The van der Waals surface area contributed by atoms with Crippen LogP contribution in [0.2, 0.25) is 0 Å². The summed E-state index contributed by atoms with van der Waals surface area (Å²) in [5, 5.41) is 6.54. The lowest BCUT2D eigenvalue weighted by Gasteiger charge is -2.40. The molecule has 3 fully saturated rings. The van der Waals surface area contributed by atoms with Crippen LogP contribution in [0.1, 0.15) is 68.5 Å². The molecule has 1 saturated carbocycles. The molecule has 2 bridgehead atoms. The van der Waals surface area contributed by atoms with Crippen LogP contribution in [0.4, 0.5) is 4.39 Å². The Morgan fingerprint density at radius 1 is 0.914 bits per heavy atom. The fraction of sp³-hybridized carbons (Fsp3) is 0.517. The minimum Gasteiger partial charge on any atom is -0.353 e. The highest BCUT2D eigenvalue weighted by Gasteiger charge is 2.41. The van der Waals surface area contributed by atoms with Crippen LogP contribution in [0, 0.1) is 11.7 Å². The van der Waals surface area contributed by atoms with Crippen molar-refractivity contribution in [3.63, 3.8) is 0 Å². The Kier molecular flexibility index (Phi) is 7.47. The fourth-order valence-electron chi connectivity index (χ4n) is 5.95. The first-order valence-corrected chi connectivity index (χ1v) is 13.2. The van der Waals surface area contributed by atoms with Crippen LogP contribution in [-0.4, -0.2) is 41.4 Å². The van der Waals surface area contributed by atoms with Crippen LogP contribution in [0.15, 0.2) is 54.6 Å². The minimum absolute atomic E-state index is 0.0111. The van der Waals surface area contributed by atoms with E-state index in [-0.39, 0.29) is 36.1 Å². The number of carbonyl (C=O) groups is 2. The maximum Gasteiger partial charge on any atom is 0.224 e. The van der Waals surface area contributed by atoms with Crippen molar-refractivity contribution in [2.75, 3.05) is 6.54 Å². The standard InChI is InChI=1S/C29H36FN3O2/c30-23-10-8-21(9-11-23)16-28(34)31-24-18-25-12-13-26(19-24)33(25)15-14-27(22-4-2-1-3-5-22)32-29(35)17-20-6-7-20/h1-5,8-11,20,24-27H,6-7,12-19H2,(H,31,34)(H,32,35)/t24-,25-,26+,27-/m0/s1. The van der Waals surface area contributed by atoms with Crippen LogP contribution in [-0.2, 0) is 16.0 Å². The van der Waals surface area contributed by atoms with E-state index in [2.05, 4.69) is 27.7 Å². The van der Waals surface area contributed by atoms with Gasteiger partial charge < -0.3 is 10.6 Å². The molecule has 0 spiro atoms. The van der Waals surface area contributed by atoms with Crippen LogP contribution in [0.3, 0.4) is 0 Å². The van der Waals surface area contributed by atoms with Gasteiger partial charge in [-0.2, -0.15) is 0 Å². The minimum atomic E-state index is -0.282.